The Labute approximate surface area is 198 Å². The Morgan fingerprint density at radius 2 is 2.04 bits per heavy atom. The second-order valence-electron chi connectivity index (χ2n) is 5.71. The van der Waals surface area contributed by atoms with Crippen molar-refractivity contribution in [1.29, 1.82) is 0 Å². The minimum Gasteiger partial charge on any atom is -0.492 e. The van der Waals surface area contributed by atoms with Gasteiger partial charge >= 0.3 is 0 Å². The first-order valence-corrected chi connectivity index (χ1v) is 11.5. The van der Waals surface area contributed by atoms with Gasteiger partial charge in [0, 0.05) is 19.7 Å². The number of imide groups is 1. The van der Waals surface area contributed by atoms with Crippen molar-refractivity contribution in [1.82, 2.24) is 4.90 Å². The number of thioether (sulfide) groups is 1. The molecule has 4 nitrogen and oxygen atoms in total. The second-order valence-corrected chi connectivity index (χ2v) is 9.52. The summed E-state index contributed by atoms with van der Waals surface area (Å²) in [4.78, 5) is 26.4. The molecule has 0 unspecified atom stereocenters. The number of hydrogen-bond donors (Lipinski definition) is 0. The molecule has 9 heteroatoms. The maximum absolute atomic E-state index is 14.1. The molecule has 0 aliphatic carbocycles. The smallest absolute Gasteiger partial charge is 0.293 e. The lowest BCUT2D eigenvalue weighted by atomic mass is 10.1. The molecule has 2 aromatic carbocycles. The number of benzene rings is 2. The monoisotopic (exact) mass is 643 g/mol. The van der Waals surface area contributed by atoms with Crippen LogP contribution in [0.4, 0.5) is 9.18 Å². The average molecular weight is 644 g/mol. The van der Waals surface area contributed by atoms with Crippen molar-refractivity contribution in [2.45, 2.75) is 13.5 Å². The molecule has 0 bridgehead atoms. The van der Waals surface area contributed by atoms with Gasteiger partial charge in [-0.05, 0) is 94.2 Å². The quantitative estimate of drug-likeness (QED) is 0.283. The summed E-state index contributed by atoms with van der Waals surface area (Å²) in [6, 6.07) is 8.10. The van der Waals surface area contributed by atoms with E-state index in [1.165, 1.54) is 18.2 Å². The molecule has 0 saturated carbocycles. The van der Waals surface area contributed by atoms with Gasteiger partial charge in [-0.1, -0.05) is 17.7 Å². The summed E-state index contributed by atoms with van der Waals surface area (Å²) < 4.78 is 21.7. The van der Waals surface area contributed by atoms with Crippen molar-refractivity contribution in [3.63, 3.8) is 0 Å². The molecule has 1 aliphatic heterocycles. The molecule has 1 aliphatic rings. The van der Waals surface area contributed by atoms with E-state index in [4.69, 9.17) is 16.3 Å². The predicted molar refractivity (Wildman–Crippen MR) is 126 cm³/mol. The Balaban J connectivity index is 1.94. The zero-order valence-corrected chi connectivity index (χ0v) is 20.4. The maximum atomic E-state index is 14.1. The predicted octanol–water partition coefficient (Wildman–Crippen LogP) is 6.32. The Morgan fingerprint density at radius 1 is 1.29 bits per heavy atom. The van der Waals surface area contributed by atoms with Gasteiger partial charge in [0.2, 0.25) is 0 Å². The van der Waals surface area contributed by atoms with E-state index >= 15 is 0 Å². The standard InChI is InChI=1S/C19H13ClFI2NO3S/c1-2-27-17-10(6-11(22)8-15(17)23)7-16-18(25)24(19(26)28-16)9-12-13(20)4-3-5-14(12)21/h3-8H,2,9H2,1H3/b16-7+. The molecule has 0 atom stereocenters. The fourth-order valence-electron chi connectivity index (χ4n) is 2.60. The molecule has 146 valence electrons. The van der Waals surface area contributed by atoms with Gasteiger partial charge in [-0.25, -0.2) is 4.39 Å². The Hall–Kier alpha value is -0.850. The van der Waals surface area contributed by atoms with Crippen molar-refractivity contribution in [3.8, 4) is 5.75 Å². The second kappa shape index (κ2) is 9.31. The third-order valence-electron chi connectivity index (χ3n) is 3.86. The van der Waals surface area contributed by atoms with Gasteiger partial charge < -0.3 is 4.74 Å². The van der Waals surface area contributed by atoms with E-state index in [0.29, 0.717) is 17.9 Å². The van der Waals surface area contributed by atoms with E-state index in [1.54, 1.807) is 6.08 Å². The van der Waals surface area contributed by atoms with Gasteiger partial charge in [0.05, 0.1) is 21.6 Å². The van der Waals surface area contributed by atoms with Crippen LogP contribution in [0.3, 0.4) is 0 Å². The van der Waals surface area contributed by atoms with E-state index in [2.05, 4.69) is 45.2 Å². The van der Waals surface area contributed by atoms with Crippen LogP contribution in [0.2, 0.25) is 5.02 Å². The summed E-state index contributed by atoms with van der Waals surface area (Å²) in [5.41, 5.74) is 0.833. The highest BCUT2D eigenvalue weighted by Gasteiger charge is 2.36. The van der Waals surface area contributed by atoms with Crippen LogP contribution in [0.5, 0.6) is 5.75 Å². The summed E-state index contributed by atoms with van der Waals surface area (Å²) in [5.74, 6) is -0.376. The van der Waals surface area contributed by atoms with Gasteiger partial charge in [0.1, 0.15) is 11.6 Å². The first-order chi connectivity index (χ1) is 13.3. The third kappa shape index (κ3) is 4.65. The summed E-state index contributed by atoms with van der Waals surface area (Å²) >= 11 is 11.2. The fourth-order valence-corrected chi connectivity index (χ4v) is 5.70. The fraction of sp³-hybridized carbons (Fsp3) is 0.158. The molecule has 28 heavy (non-hydrogen) atoms. The van der Waals surface area contributed by atoms with Crippen LogP contribution in [0.25, 0.3) is 6.08 Å². The first-order valence-electron chi connectivity index (χ1n) is 8.12. The van der Waals surface area contributed by atoms with Crippen LogP contribution >= 0.6 is 68.5 Å². The van der Waals surface area contributed by atoms with Gasteiger partial charge in [0.15, 0.2) is 0 Å². The highest BCUT2D eigenvalue weighted by Crippen LogP contribution is 2.37. The van der Waals surface area contributed by atoms with Crippen molar-refractivity contribution in [3.05, 3.63) is 64.3 Å². The number of halogens is 4. The minimum absolute atomic E-state index is 0.117. The summed E-state index contributed by atoms with van der Waals surface area (Å²) in [6.45, 7) is 2.14. The SMILES string of the molecule is CCOc1c(I)cc(I)cc1/C=C1/SC(=O)N(Cc2c(F)cccc2Cl)C1=O. The molecular formula is C19H13ClFI2NO3S. The number of hydrogen-bond acceptors (Lipinski definition) is 4. The van der Waals surface area contributed by atoms with Crippen molar-refractivity contribution in [2.75, 3.05) is 6.61 Å². The van der Waals surface area contributed by atoms with Crippen LogP contribution in [-0.4, -0.2) is 22.7 Å². The normalized spacial score (nSPS) is 15.6. The highest BCUT2D eigenvalue weighted by atomic mass is 127. The molecule has 0 spiro atoms. The molecule has 3 rings (SSSR count). The third-order valence-corrected chi connectivity index (χ3v) is 6.55. The molecule has 1 heterocycles. The number of rotatable bonds is 5. The summed E-state index contributed by atoms with van der Waals surface area (Å²) in [5, 5.41) is -0.289. The number of carbonyl (C=O) groups is 2. The minimum atomic E-state index is -0.554. The molecule has 0 N–H and O–H groups in total. The highest BCUT2D eigenvalue weighted by molar-refractivity contribution is 14.1. The Bertz CT molecular complexity index is 979. The lowest BCUT2D eigenvalue weighted by Gasteiger charge is -2.14. The molecule has 2 aromatic rings. The summed E-state index contributed by atoms with van der Waals surface area (Å²) in [6.07, 6.45) is 1.64. The summed E-state index contributed by atoms with van der Waals surface area (Å²) in [7, 11) is 0. The molecular weight excluding hydrogens is 631 g/mol. The number of nitrogens with zero attached hydrogens (tertiary/aromatic N) is 1. The van der Waals surface area contributed by atoms with Crippen LogP contribution in [0.15, 0.2) is 35.2 Å². The van der Waals surface area contributed by atoms with E-state index in [9.17, 15) is 14.0 Å². The van der Waals surface area contributed by atoms with E-state index in [1.807, 2.05) is 19.1 Å². The molecule has 1 saturated heterocycles. The van der Waals surface area contributed by atoms with E-state index in [-0.39, 0.29) is 22.0 Å². The lowest BCUT2D eigenvalue weighted by molar-refractivity contribution is -0.123. The van der Waals surface area contributed by atoms with Crippen molar-refractivity contribution >= 4 is 85.8 Å². The topological polar surface area (TPSA) is 46.6 Å². The average Bonchev–Trinajstić information content (AvgIpc) is 2.88. The van der Waals surface area contributed by atoms with Gasteiger partial charge in [-0.15, -0.1) is 0 Å². The lowest BCUT2D eigenvalue weighted by Crippen LogP contribution is -2.28. The molecule has 1 fully saturated rings. The van der Waals surface area contributed by atoms with Gasteiger partial charge in [-0.3, -0.25) is 14.5 Å². The zero-order valence-electron chi connectivity index (χ0n) is 14.5. The molecule has 0 aromatic heterocycles. The molecule has 0 radical (unpaired) electrons. The number of ether oxygens (including phenoxy) is 1. The van der Waals surface area contributed by atoms with E-state index in [0.717, 1.165) is 23.8 Å². The van der Waals surface area contributed by atoms with Gasteiger partial charge in [-0.2, -0.15) is 0 Å². The van der Waals surface area contributed by atoms with E-state index < -0.39 is 17.0 Å². The van der Waals surface area contributed by atoms with Crippen LogP contribution in [0.1, 0.15) is 18.1 Å². The Kier molecular flexibility index (Phi) is 7.26. The van der Waals surface area contributed by atoms with Crippen LogP contribution in [-0.2, 0) is 11.3 Å². The van der Waals surface area contributed by atoms with Crippen LogP contribution < -0.4 is 4.74 Å². The van der Waals surface area contributed by atoms with Crippen molar-refractivity contribution < 1.29 is 18.7 Å². The zero-order chi connectivity index (χ0) is 20.4. The number of amides is 2. The Morgan fingerprint density at radius 3 is 2.71 bits per heavy atom. The van der Waals surface area contributed by atoms with Gasteiger partial charge in [0.25, 0.3) is 11.1 Å². The first kappa shape index (κ1) is 21.8. The maximum Gasteiger partial charge on any atom is 0.293 e. The van der Waals surface area contributed by atoms with Crippen LogP contribution in [0, 0.1) is 13.0 Å². The molecule has 2 amide bonds. The number of carbonyl (C=O) groups excluding carboxylic acids is 2. The van der Waals surface area contributed by atoms with Crippen molar-refractivity contribution in [2.24, 2.45) is 0 Å². The largest absolute Gasteiger partial charge is 0.492 e.